The quantitative estimate of drug-likeness (QED) is 0.324. The Bertz CT molecular complexity index is 981. The minimum absolute atomic E-state index is 0.255. The molecule has 0 spiro atoms. The third kappa shape index (κ3) is 3.24. The zero-order valence-electron chi connectivity index (χ0n) is 14.5. The zero-order chi connectivity index (χ0) is 18.7. The average molecular weight is 388 g/mol. The highest BCUT2D eigenvalue weighted by molar-refractivity contribution is 7.99. The molecular formula is C20H18ClNO3S. The highest BCUT2D eigenvalue weighted by atomic mass is 35.5. The van der Waals surface area contributed by atoms with Gasteiger partial charge < -0.3 is 9.14 Å². The van der Waals surface area contributed by atoms with Crippen LogP contribution in [0.25, 0.3) is 16.6 Å². The van der Waals surface area contributed by atoms with Crippen LogP contribution in [0.1, 0.15) is 34.7 Å². The molecule has 4 nitrogen and oxygen atoms in total. The van der Waals surface area contributed by atoms with Crippen LogP contribution in [-0.4, -0.2) is 29.0 Å². The Morgan fingerprint density at radius 1 is 1.27 bits per heavy atom. The summed E-state index contributed by atoms with van der Waals surface area (Å²) >= 11 is 7.87. The Hall–Kier alpha value is -2.24. The molecule has 3 aromatic rings. The molecule has 2 aromatic heterocycles. The van der Waals surface area contributed by atoms with Gasteiger partial charge in [-0.2, -0.15) is 0 Å². The van der Waals surface area contributed by atoms with Gasteiger partial charge in [-0.15, -0.1) is 11.8 Å². The van der Waals surface area contributed by atoms with Crippen LogP contribution >= 0.6 is 23.4 Å². The topological polar surface area (TPSA) is 47.8 Å². The van der Waals surface area contributed by atoms with Gasteiger partial charge in [0.2, 0.25) is 0 Å². The van der Waals surface area contributed by atoms with Crippen LogP contribution in [0.4, 0.5) is 0 Å². The molecule has 0 aliphatic rings. The average Bonchev–Trinajstić information content (AvgIpc) is 2.97. The number of halogens is 1. The van der Waals surface area contributed by atoms with Gasteiger partial charge in [-0.1, -0.05) is 24.6 Å². The van der Waals surface area contributed by atoms with E-state index in [4.69, 9.17) is 16.3 Å². The first kappa shape index (κ1) is 18.5. The number of carbonyl (C=O) groups is 2. The largest absolute Gasteiger partial charge is 0.462 e. The second-order valence-corrected chi connectivity index (χ2v) is 7.25. The minimum Gasteiger partial charge on any atom is -0.462 e. The lowest BCUT2D eigenvalue weighted by Crippen LogP contribution is -2.06. The van der Waals surface area contributed by atoms with Crippen molar-refractivity contribution in [2.75, 3.05) is 12.4 Å². The van der Waals surface area contributed by atoms with Crippen LogP contribution in [0.5, 0.6) is 0 Å². The van der Waals surface area contributed by atoms with Crippen molar-refractivity contribution in [1.29, 1.82) is 0 Å². The number of ether oxygens (including phenoxy) is 1. The molecule has 26 heavy (non-hydrogen) atoms. The van der Waals surface area contributed by atoms with Gasteiger partial charge in [-0.25, -0.2) is 4.79 Å². The summed E-state index contributed by atoms with van der Waals surface area (Å²) in [6.45, 7) is 4.06. The maximum atomic E-state index is 12.7. The first-order chi connectivity index (χ1) is 12.6. The van der Waals surface area contributed by atoms with Crippen molar-refractivity contribution in [2.24, 2.45) is 0 Å². The molecule has 2 heterocycles. The van der Waals surface area contributed by atoms with Crippen LogP contribution in [0.3, 0.4) is 0 Å². The number of benzene rings is 1. The van der Waals surface area contributed by atoms with Crippen molar-refractivity contribution in [3.8, 4) is 11.1 Å². The molecule has 0 saturated heterocycles. The first-order valence-corrected chi connectivity index (χ1v) is 9.66. The molecule has 0 fully saturated rings. The monoisotopic (exact) mass is 387 g/mol. The summed E-state index contributed by atoms with van der Waals surface area (Å²) in [6, 6.07) is 11.0. The molecule has 0 amide bonds. The van der Waals surface area contributed by atoms with Gasteiger partial charge in [0.25, 0.3) is 0 Å². The summed E-state index contributed by atoms with van der Waals surface area (Å²) in [6.07, 6.45) is 2.54. The van der Waals surface area contributed by atoms with Gasteiger partial charge in [0.05, 0.1) is 23.4 Å². The minimum atomic E-state index is -0.452. The van der Waals surface area contributed by atoms with E-state index in [-0.39, 0.29) is 6.61 Å². The maximum Gasteiger partial charge on any atom is 0.340 e. The van der Waals surface area contributed by atoms with Crippen LogP contribution in [0.2, 0.25) is 5.02 Å². The number of esters is 1. The van der Waals surface area contributed by atoms with E-state index in [1.807, 2.05) is 31.2 Å². The second kappa shape index (κ2) is 7.98. The summed E-state index contributed by atoms with van der Waals surface area (Å²) in [5.41, 5.74) is 2.75. The molecule has 0 atom stereocenters. The van der Waals surface area contributed by atoms with Crippen LogP contribution < -0.4 is 0 Å². The van der Waals surface area contributed by atoms with Crippen molar-refractivity contribution in [1.82, 2.24) is 4.40 Å². The van der Waals surface area contributed by atoms with E-state index < -0.39 is 5.97 Å². The number of aldehydes is 1. The lowest BCUT2D eigenvalue weighted by atomic mass is 10.0. The molecule has 0 aliphatic heterocycles. The lowest BCUT2D eigenvalue weighted by Gasteiger charge is -2.11. The highest BCUT2D eigenvalue weighted by Crippen LogP contribution is 2.40. The fourth-order valence-electron chi connectivity index (χ4n) is 3.01. The molecule has 0 saturated carbocycles. The van der Waals surface area contributed by atoms with Gasteiger partial charge in [0.1, 0.15) is 0 Å². The lowest BCUT2D eigenvalue weighted by molar-refractivity contribution is 0.0529. The van der Waals surface area contributed by atoms with E-state index in [9.17, 15) is 9.59 Å². The summed E-state index contributed by atoms with van der Waals surface area (Å²) in [5.74, 6) is 0.402. The number of rotatable bonds is 6. The van der Waals surface area contributed by atoms with Crippen LogP contribution in [0.15, 0.2) is 47.5 Å². The Balaban J connectivity index is 2.42. The van der Waals surface area contributed by atoms with Gasteiger partial charge >= 0.3 is 5.97 Å². The Kier molecular flexibility index (Phi) is 5.69. The van der Waals surface area contributed by atoms with E-state index in [1.165, 1.54) is 0 Å². The third-order valence-corrected chi connectivity index (χ3v) is 5.17. The summed E-state index contributed by atoms with van der Waals surface area (Å²) < 4.78 is 7.00. The van der Waals surface area contributed by atoms with Crippen molar-refractivity contribution in [2.45, 2.75) is 18.7 Å². The smallest absolute Gasteiger partial charge is 0.340 e. The standard InChI is InChI=1S/C20H18ClNO3S/c1-3-25-20(24)19-15-7-5-6-10-22(15)16(12-23)18(19)14-11-13(21)8-9-17(14)26-4-2/h5-12H,3-4H2,1-2H3. The molecule has 0 bridgehead atoms. The van der Waals surface area contributed by atoms with Gasteiger partial charge in [0.15, 0.2) is 6.29 Å². The molecule has 0 unspecified atom stereocenters. The van der Waals surface area contributed by atoms with Crippen molar-refractivity contribution in [3.63, 3.8) is 0 Å². The molecule has 3 rings (SSSR count). The SMILES string of the molecule is CCOC(=O)c1c(-c2cc(Cl)ccc2SCC)c(C=O)n2ccccc12. The molecule has 0 radical (unpaired) electrons. The second-order valence-electron chi connectivity index (χ2n) is 5.50. The van der Waals surface area contributed by atoms with E-state index in [0.717, 1.165) is 22.5 Å². The molecule has 0 N–H and O–H groups in total. The van der Waals surface area contributed by atoms with Crippen LogP contribution in [0, 0.1) is 0 Å². The number of aromatic nitrogens is 1. The predicted molar refractivity (Wildman–Crippen MR) is 106 cm³/mol. The van der Waals surface area contributed by atoms with Crippen LogP contribution in [-0.2, 0) is 4.74 Å². The Morgan fingerprint density at radius 3 is 2.77 bits per heavy atom. The van der Waals surface area contributed by atoms with Gasteiger partial charge in [-0.3, -0.25) is 4.79 Å². The normalized spacial score (nSPS) is 10.9. The van der Waals surface area contributed by atoms with E-state index in [1.54, 1.807) is 41.4 Å². The molecule has 6 heteroatoms. The third-order valence-electron chi connectivity index (χ3n) is 3.98. The number of pyridine rings is 1. The van der Waals surface area contributed by atoms with Gasteiger partial charge in [-0.05, 0) is 48.6 Å². The van der Waals surface area contributed by atoms with E-state index in [2.05, 4.69) is 0 Å². The molecule has 1 aromatic carbocycles. The summed E-state index contributed by atoms with van der Waals surface area (Å²) in [7, 11) is 0. The molecule has 0 aliphatic carbocycles. The van der Waals surface area contributed by atoms with E-state index >= 15 is 0 Å². The number of hydrogen-bond donors (Lipinski definition) is 0. The number of hydrogen-bond acceptors (Lipinski definition) is 4. The number of carbonyl (C=O) groups excluding carboxylic acids is 2. The highest BCUT2D eigenvalue weighted by Gasteiger charge is 2.26. The summed E-state index contributed by atoms with van der Waals surface area (Å²) in [4.78, 5) is 25.7. The molecular weight excluding hydrogens is 370 g/mol. The van der Waals surface area contributed by atoms with Crippen molar-refractivity contribution < 1.29 is 14.3 Å². The number of fused-ring (bicyclic) bond motifs is 1. The fraction of sp³-hybridized carbons (Fsp3) is 0.200. The first-order valence-electron chi connectivity index (χ1n) is 8.30. The number of thioether (sulfide) groups is 1. The van der Waals surface area contributed by atoms with Gasteiger partial charge in [0, 0.05) is 21.7 Å². The van der Waals surface area contributed by atoms with Crippen molar-refractivity contribution >= 4 is 41.1 Å². The fourth-order valence-corrected chi connectivity index (χ4v) is 3.97. The Labute approximate surface area is 161 Å². The van der Waals surface area contributed by atoms with E-state index in [0.29, 0.717) is 27.4 Å². The zero-order valence-corrected chi connectivity index (χ0v) is 16.1. The molecule has 134 valence electrons. The predicted octanol–water partition coefficient (Wildman–Crippen LogP) is 5.36. The maximum absolute atomic E-state index is 12.7. The van der Waals surface area contributed by atoms with Crippen molar-refractivity contribution in [3.05, 3.63) is 58.9 Å². The Morgan fingerprint density at radius 2 is 2.08 bits per heavy atom. The number of nitrogens with zero attached hydrogens (tertiary/aromatic N) is 1. The summed E-state index contributed by atoms with van der Waals surface area (Å²) in [5, 5.41) is 0.544.